The fourth-order valence-electron chi connectivity index (χ4n) is 3.73. The summed E-state index contributed by atoms with van der Waals surface area (Å²) in [4.78, 5) is 15.8. The molecule has 0 aromatic carbocycles. The fraction of sp³-hybridized carbons (Fsp3) is 0.588. The minimum Gasteiger partial charge on any atom is -0.342 e. The minimum atomic E-state index is -0.124. The van der Waals surface area contributed by atoms with Gasteiger partial charge >= 0.3 is 0 Å². The van der Waals surface area contributed by atoms with Gasteiger partial charge < -0.3 is 14.8 Å². The van der Waals surface area contributed by atoms with Crippen molar-refractivity contribution in [1.29, 1.82) is 0 Å². The van der Waals surface area contributed by atoms with Gasteiger partial charge in [-0.15, -0.1) is 21.5 Å². The molecule has 4 rings (SSSR count). The SMILES string of the molecule is CC(C(=O)N1CCC(c2nnc3n2CCNC3)CC1)c1ccc(Cl)s1. The van der Waals surface area contributed by atoms with E-state index in [4.69, 9.17) is 11.6 Å². The highest BCUT2D eigenvalue weighted by molar-refractivity contribution is 7.16. The topological polar surface area (TPSA) is 63.1 Å². The van der Waals surface area contributed by atoms with Crippen molar-refractivity contribution in [3.63, 3.8) is 0 Å². The Morgan fingerprint density at radius 2 is 2.12 bits per heavy atom. The molecule has 0 aliphatic carbocycles. The van der Waals surface area contributed by atoms with Crippen LogP contribution in [0.25, 0.3) is 0 Å². The van der Waals surface area contributed by atoms with E-state index < -0.39 is 0 Å². The number of carbonyl (C=O) groups is 1. The van der Waals surface area contributed by atoms with Gasteiger partial charge in [0.05, 0.1) is 16.8 Å². The number of likely N-dealkylation sites (tertiary alicyclic amines) is 1. The number of hydrogen-bond donors (Lipinski definition) is 1. The molecule has 8 heteroatoms. The predicted molar refractivity (Wildman–Crippen MR) is 98.0 cm³/mol. The van der Waals surface area contributed by atoms with Crippen molar-refractivity contribution in [3.05, 3.63) is 33.0 Å². The van der Waals surface area contributed by atoms with Gasteiger partial charge in [-0.3, -0.25) is 4.79 Å². The molecule has 2 aromatic rings. The monoisotopic (exact) mass is 379 g/mol. The Hall–Kier alpha value is -1.44. The molecule has 2 aliphatic rings. The van der Waals surface area contributed by atoms with Crippen molar-refractivity contribution in [2.45, 2.75) is 44.7 Å². The molecule has 25 heavy (non-hydrogen) atoms. The third-order valence-electron chi connectivity index (χ3n) is 5.21. The molecule has 6 nitrogen and oxygen atoms in total. The summed E-state index contributed by atoms with van der Waals surface area (Å²) < 4.78 is 2.99. The largest absolute Gasteiger partial charge is 0.342 e. The Balaban J connectivity index is 1.40. The van der Waals surface area contributed by atoms with Gasteiger partial charge in [-0.2, -0.15) is 0 Å². The molecule has 1 saturated heterocycles. The van der Waals surface area contributed by atoms with E-state index in [1.165, 1.54) is 11.3 Å². The van der Waals surface area contributed by atoms with Crippen LogP contribution >= 0.6 is 22.9 Å². The number of fused-ring (bicyclic) bond motifs is 1. The number of thiophene rings is 1. The molecule has 0 bridgehead atoms. The molecule has 1 amide bonds. The minimum absolute atomic E-state index is 0.124. The Bertz CT molecular complexity index is 765. The Labute approximate surface area is 156 Å². The summed E-state index contributed by atoms with van der Waals surface area (Å²) in [6.07, 6.45) is 1.91. The third kappa shape index (κ3) is 3.32. The van der Waals surface area contributed by atoms with Crippen LogP contribution < -0.4 is 5.32 Å². The molecule has 1 fully saturated rings. The second-order valence-electron chi connectivity index (χ2n) is 6.77. The van der Waals surface area contributed by atoms with E-state index in [9.17, 15) is 4.79 Å². The van der Waals surface area contributed by atoms with E-state index in [0.29, 0.717) is 5.92 Å². The maximum atomic E-state index is 12.8. The molecule has 0 radical (unpaired) electrons. The van der Waals surface area contributed by atoms with E-state index in [-0.39, 0.29) is 11.8 Å². The zero-order valence-electron chi connectivity index (χ0n) is 14.2. The number of nitrogens with zero attached hydrogens (tertiary/aromatic N) is 4. The summed E-state index contributed by atoms with van der Waals surface area (Å²) in [6, 6.07) is 3.82. The first kappa shape index (κ1) is 17.0. The van der Waals surface area contributed by atoms with Crippen LogP contribution in [-0.4, -0.2) is 45.2 Å². The number of rotatable bonds is 3. The number of carbonyl (C=O) groups excluding carboxylic acids is 1. The van der Waals surface area contributed by atoms with Gasteiger partial charge in [0.2, 0.25) is 5.91 Å². The first-order valence-corrected chi connectivity index (χ1v) is 9.99. The summed E-state index contributed by atoms with van der Waals surface area (Å²) in [7, 11) is 0. The summed E-state index contributed by atoms with van der Waals surface area (Å²) in [5.74, 6) is 2.60. The maximum Gasteiger partial charge on any atom is 0.230 e. The van der Waals surface area contributed by atoms with Crippen LogP contribution in [0, 0.1) is 0 Å². The predicted octanol–water partition coefficient (Wildman–Crippen LogP) is 2.61. The lowest BCUT2D eigenvalue weighted by Gasteiger charge is -2.33. The highest BCUT2D eigenvalue weighted by Crippen LogP contribution is 2.32. The van der Waals surface area contributed by atoms with E-state index in [1.54, 1.807) is 0 Å². The number of amides is 1. The molecular weight excluding hydrogens is 358 g/mol. The van der Waals surface area contributed by atoms with Crippen LogP contribution in [0.1, 0.15) is 48.1 Å². The van der Waals surface area contributed by atoms with Crippen molar-refractivity contribution in [2.75, 3.05) is 19.6 Å². The summed E-state index contributed by atoms with van der Waals surface area (Å²) in [5, 5.41) is 12.1. The molecule has 2 aromatic heterocycles. The normalized spacial score (nSPS) is 19.7. The van der Waals surface area contributed by atoms with Crippen molar-refractivity contribution < 1.29 is 4.79 Å². The molecular formula is C17H22ClN5OS. The van der Waals surface area contributed by atoms with Crippen molar-refractivity contribution in [2.24, 2.45) is 0 Å². The average Bonchev–Trinajstić information content (AvgIpc) is 3.27. The van der Waals surface area contributed by atoms with Crippen molar-refractivity contribution in [3.8, 4) is 0 Å². The highest BCUT2D eigenvalue weighted by atomic mass is 35.5. The molecule has 134 valence electrons. The fourth-order valence-corrected chi connectivity index (χ4v) is 4.84. The van der Waals surface area contributed by atoms with Crippen LogP contribution in [-0.2, 0) is 17.9 Å². The van der Waals surface area contributed by atoms with Gasteiger partial charge in [0.25, 0.3) is 0 Å². The third-order valence-corrected chi connectivity index (χ3v) is 6.63. The van der Waals surface area contributed by atoms with Gasteiger partial charge in [-0.05, 0) is 31.9 Å². The molecule has 1 N–H and O–H groups in total. The second kappa shape index (κ2) is 7.05. The van der Waals surface area contributed by atoms with E-state index in [2.05, 4.69) is 20.1 Å². The van der Waals surface area contributed by atoms with Crippen molar-refractivity contribution >= 4 is 28.8 Å². The van der Waals surface area contributed by atoms with Crippen molar-refractivity contribution in [1.82, 2.24) is 25.0 Å². The van der Waals surface area contributed by atoms with Crippen LogP contribution in [0.5, 0.6) is 0 Å². The number of halogens is 1. The number of hydrogen-bond acceptors (Lipinski definition) is 5. The summed E-state index contributed by atoms with van der Waals surface area (Å²) >= 11 is 7.50. The van der Waals surface area contributed by atoms with E-state index in [0.717, 1.165) is 66.4 Å². The van der Waals surface area contributed by atoms with Gasteiger partial charge in [0, 0.05) is 37.0 Å². The number of aromatic nitrogens is 3. The first-order chi connectivity index (χ1) is 12.1. The first-order valence-electron chi connectivity index (χ1n) is 8.80. The molecule has 0 spiro atoms. The van der Waals surface area contributed by atoms with Crippen LogP contribution in [0.4, 0.5) is 0 Å². The van der Waals surface area contributed by atoms with Crippen LogP contribution in [0.2, 0.25) is 4.34 Å². The van der Waals surface area contributed by atoms with Crippen LogP contribution in [0.15, 0.2) is 12.1 Å². The van der Waals surface area contributed by atoms with E-state index >= 15 is 0 Å². The standard InChI is InChI=1S/C17H22ClN5OS/c1-11(13-2-3-14(18)25-13)17(24)22-7-4-12(5-8-22)16-21-20-15-10-19-6-9-23(15)16/h2-3,11-12,19H,4-10H2,1H3. The van der Waals surface area contributed by atoms with Gasteiger partial charge in [-0.25, -0.2) is 0 Å². The molecule has 1 unspecified atom stereocenters. The average molecular weight is 380 g/mol. The smallest absolute Gasteiger partial charge is 0.230 e. The Morgan fingerprint density at radius 1 is 1.32 bits per heavy atom. The quantitative estimate of drug-likeness (QED) is 0.890. The highest BCUT2D eigenvalue weighted by Gasteiger charge is 2.31. The zero-order chi connectivity index (χ0) is 17.4. The lowest BCUT2D eigenvalue weighted by molar-refractivity contribution is -0.133. The van der Waals surface area contributed by atoms with Crippen LogP contribution in [0.3, 0.4) is 0 Å². The number of nitrogens with one attached hydrogen (secondary N) is 1. The summed E-state index contributed by atoms with van der Waals surface area (Å²) in [6.45, 7) is 6.24. The van der Waals surface area contributed by atoms with Gasteiger partial charge in [0.15, 0.2) is 0 Å². The maximum absolute atomic E-state index is 12.8. The number of piperidine rings is 1. The molecule has 2 aliphatic heterocycles. The van der Waals surface area contributed by atoms with Gasteiger partial charge in [-0.1, -0.05) is 11.6 Å². The summed E-state index contributed by atoms with van der Waals surface area (Å²) in [5.41, 5.74) is 0. The Morgan fingerprint density at radius 3 is 2.84 bits per heavy atom. The lowest BCUT2D eigenvalue weighted by atomic mass is 9.94. The molecule has 1 atom stereocenters. The van der Waals surface area contributed by atoms with Gasteiger partial charge in [0.1, 0.15) is 11.6 Å². The molecule has 4 heterocycles. The van der Waals surface area contributed by atoms with E-state index in [1.807, 2.05) is 24.0 Å². The second-order valence-corrected chi connectivity index (χ2v) is 8.51. The zero-order valence-corrected chi connectivity index (χ0v) is 15.8. The molecule has 0 saturated carbocycles. The lowest BCUT2D eigenvalue weighted by Crippen LogP contribution is -2.40. The Kier molecular flexibility index (Phi) is 4.80.